The van der Waals surface area contributed by atoms with E-state index in [1.54, 1.807) is 18.4 Å². The minimum absolute atomic E-state index is 0.0912. The summed E-state index contributed by atoms with van der Waals surface area (Å²) in [4.78, 5) is 19.3. The SMILES string of the molecule is COc1ccc(C2CCC(C(NC(=O)C3CCCCC3)c3cccc(-c4cnc(C(C)C)s4)c3)CC2O)cc1C. The van der Waals surface area contributed by atoms with Crippen molar-refractivity contribution in [2.45, 2.75) is 96.1 Å². The fraction of sp³-hybridized carbons (Fsp3) is 0.529. The number of aryl methyl sites for hydroxylation is 1. The summed E-state index contributed by atoms with van der Waals surface area (Å²) in [6.07, 6.45) is 9.45. The van der Waals surface area contributed by atoms with Gasteiger partial charge in [-0.3, -0.25) is 4.79 Å². The van der Waals surface area contributed by atoms with Crippen molar-refractivity contribution in [2.24, 2.45) is 11.8 Å². The number of nitrogens with one attached hydrogen (secondary N) is 1. The number of aliphatic hydroxyl groups is 1. The van der Waals surface area contributed by atoms with E-state index in [-0.39, 0.29) is 29.7 Å². The summed E-state index contributed by atoms with van der Waals surface area (Å²) < 4.78 is 5.45. The molecule has 2 aliphatic carbocycles. The standard InChI is InChI=1S/C34H44N2O3S/c1-21(2)34-35-20-31(40-34)25-11-8-12-26(18-25)32(36-33(38)23-9-6-5-7-10-23)27-13-15-28(29(37)19-27)24-14-16-30(39-4)22(3)17-24/h8,11-12,14,16-18,20-21,23,27-29,32,37H,5-7,9-10,13,15,19H2,1-4H3,(H,36,38). The molecule has 0 radical (unpaired) electrons. The number of aliphatic hydroxyl groups excluding tert-OH is 1. The molecule has 2 fully saturated rings. The van der Waals surface area contributed by atoms with E-state index in [9.17, 15) is 9.90 Å². The quantitative estimate of drug-likeness (QED) is 0.293. The summed E-state index contributed by atoms with van der Waals surface area (Å²) in [5, 5.41) is 16.1. The van der Waals surface area contributed by atoms with Crippen LogP contribution in [0.1, 0.15) is 105 Å². The van der Waals surface area contributed by atoms with Gasteiger partial charge < -0.3 is 15.2 Å². The van der Waals surface area contributed by atoms with E-state index in [0.717, 1.165) is 70.8 Å². The van der Waals surface area contributed by atoms with Gasteiger partial charge in [0.15, 0.2) is 0 Å². The lowest BCUT2D eigenvalue weighted by Crippen LogP contribution is -2.41. The van der Waals surface area contributed by atoms with Crippen LogP contribution in [0, 0.1) is 18.8 Å². The zero-order chi connectivity index (χ0) is 28.2. The predicted molar refractivity (Wildman–Crippen MR) is 163 cm³/mol. The summed E-state index contributed by atoms with van der Waals surface area (Å²) in [7, 11) is 1.69. The Kier molecular flexibility index (Phi) is 9.27. The molecular formula is C34H44N2O3S. The Morgan fingerprint density at radius 1 is 1.07 bits per heavy atom. The number of carbonyl (C=O) groups excluding carboxylic acids is 1. The van der Waals surface area contributed by atoms with Crippen LogP contribution in [0.15, 0.2) is 48.7 Å². The molecule has 5 rings (SSSR count). The molecule has 214 valence electrons. The Labute approximate surface area is 243 Å². The number of hydrogen-bond donors (Lipinski definition) is 2. The lowest BCUT2D eigenvalue weighted by Gasteiger charge is -2.38. The van der Waals surface area contributed by atoms with Crippen molar-refractivity contribution in [3.63, 3.8) is 0 Å². The van der Waals surface area contributed by atoms with Gasteiger partial charge in [0.05, 0.1) is 29.1 Å². The van der Waals surface area contributed by atoms with E-state index in [2.05, 4.69) is 67.5 Å². The third kappa shape index (κ3) is 6.44. The first-order valence-corrected chi connectivity index (χ1v) is 15.8. The molecule has 2 aliphatic rings. The zero-order valence-corrected chi connectivity index (χ0v) is 25.2. The Hall–Kier alpha value is -2.70. The highest BCUT2D eigenvalue weighted by Crippen LogP contribution is 2.43. The Morgan fingerprint density at radius 3 is 2.55 bits per heavy atom. The first-order chi connectivity index (χ1) is 19.3. The first-order valence-electron chi connectivity index (χ1n) is 15.0. The van der Waals surface area contributed by atoms with Gasteiger partial charge >= 0.3 is 0 Å². The van der Waals surface area contributed by atoms with Gasteiger partial charge in [-0.15, -0.1) is 11.3 Å². The topological polar surface area (TPSA) is 71.5 Å². The number of hydrogen-bond acceptors (Lipinski definition) is 5. The fourth-order valence-corrected chi connectivity index (χ4v) is 7.60. The second-order valence-electron chi connectivity index (χ2n) is 12.1. The molecule has 0 aliphatic heterocycles. The number of thiazole rings is 1. The molecule has 2 aromatic carbocycles. The van der Waals surface area contributed by atoms with Crippen LogP contribution < -0.4 is 10.1 Å². The number of aromatic nitrogens is 1. The molecule has 40 heavy (non-hydrogen) atoms. The van der Waals surface area contributed by atoms with E-state index in [1.807, 2.05) is 12.3 Å². The Morgan fingerprint density at radius 2 is 1.88 bits per heavy atom. The van der Waals surface area contributed by atoms with Crippen LogP contribution in [-0.2, 0) is 4.79 Å². The van der Waals surface area contributed by atoms with Gasteiger partial charge in [0.2, 0.25) is 5.91 Å². The van der Waals surface area contributed by atoms with E-state index < -0.39 is 6.10 Å². The van der Waals surface area contributed by atoms with Crippen molar-refractivity contribution in [3.05, 3.63) is 70.4 Å². The Balaban J connectivity index is 1.40. The van der Waals surface area contributed by atoms with Gasteiger partial charge in [-0.2, -0.15) is 0 Å². The van der Waals surface area contributed by atoms with Crippen LogP contribution in [0.4, 0.5) is 0 Å². The van der Waals surface area contributed by atoms with Crippen molar-refractivity contribution in [3.8, 4) is 16.2 Å². The number of amides is 1. The summed E-state index contributed by atoms with van der Waals surface area (Å²) >= 11 is 1.74. The highest BCUT2D eigenvalue weighted by atomic mass is 32.1. The minimum Gasteiger partial charge on any atom is -0.496 e. The summed E-state index contributed by atoms with van der Waals surface area (Å²) in [6.45, 7) is 6.40. The predicted octanol–water partition coefficient (Wildman–Crippen LogP) is 7.93. The maximum Gasteiger partial charge on any atom is 0.223 e. The second-order valence-corrected chi connectivity index (χ2v) is 13.2. The van der Waals surface area contributed by atoms with E-state index in [1.165, 1.54) is 12.0 Å². The minimum atomic E-state index is -0.459. The van der Waals surface area contributed by atoms with Crippen LogP contribution in [0.25, 0.3) is 10.4 Å². The molecule has 0 bridgehead atoms. The van der Waals surface area contributed by atoms with Gasteiger partial charge in [0, 0.05) is 24.0 Å². The third-order valence-electron chi connectivity index (χ3n) is 9.00. The molecule has 1 heterocycles. The van der Waals surface area contributed by atoms with Gasteiger partial charge in [0.25, 0.3) is 0 Å². The van der Waals surface area contributed by atoms with Gasteiger partial charge in [-0.1, -0.05) is 63.4 Å². The van der Waals surface area contributed by atoms with E-state index >= 15 is 0 Å². The van der Waals surface area contributed by atoms with Crippen molar-refractivity contribution in [1.82, 2.24) is 10.3 Å². The number of rotatable bonds is 8. The van der Waals surface area contributed by atoms with Crippen molar-refractivity contribution in [1.29, 1.82) is 0 Å². The fourth-order valence-electron chi connectivity index (χ4n) is 6.68. The molecule has 1 amide bonds. The number of benzene rings is 2. The molecule has 0 spiro atoms. The van der Waals surface area contributed by atoms with Crippen LogP contribution >= 0.6 is 11.3 Å². The monoisotopic (exact) mass is 560 g/mol. The molecule has 2 saturated carbocycles. The molecule has 0 saturated heterocycles. The molecule has 1 aromatic heterocycles. The first kappa shape index (κ1) is 28.8. The molecule has 4 unspecified atom stereocenters. The van der Waals surface area contributed by atoms with E-state index in [4.69, 9.17) is 4.74 Å². The van der Waals surface area contributed by atoms with Crippen molar-refractivity contribution < 1.29 is 14.6 Å². The summed E-state index contributed by atoms with van der Waals surface area (Å²) in [6, 6.07) is 14.7. The van der Waals surface area contributed by atoms with Crippen LogP contribution in [-0.4, -0.2) is 29.2 Å². The van der Waals surface area contributed by atoms with E-state index in [0.29, 0.717) is 12.3 Å². The molecule has 4 atom stereocenters. The molecule has 6 heteroatoms. The molecule has 3 aromatic rings. The number of methoxy groups -OCH3 is 1. The normalized spacial score (nSPS) is 22.7. The lowest BCUT2D eigenvalue weighted by atomic mass is 9.72. The highest BCUT2D eigenvalue weighted by molar-refractivity contribution is 7.15. The van der Waals surface area contributed by atoms with Crippen molar-refractivity contribution in [2.75, 3.05) is 7.11 Å². The smallest absolute Gasteiger partial charge is 0.223 e. The summed E-state index contributed by atoms with van der Waals surface area (Å²) in [5.41, 5.74) is 4.52. The highest BCUT2D eigenvalue weighted by Gasteiger charge is 2.36. The molecular weight excluding hydrogens is 516 g/mol. The summed E-state index contributed by atoms with van der Waals surface area (Å²) in [5.74, 6) is 1.81. The third-order valence-corrected chi connectivity index (χ3v) is 10.3. The van der Waals surface area contributed by atoms with Crippen LogP contribution in [0.2, 0.25) is 0 Å². The number of nitrogens with zero attached hydrogens (tertiary/aromatic N) is 1. The van der Waals surface area contributed by atoms with Gasteiger partial charge in [0.1, 0.15) is 5.75 Å². The average Bonchev–Trinajstić information content (AvgIpc) is 3.47. The van der Waals surface area contributed by atoms with Crippen LogP contribution in [0.3, 0.4) is 0 Å². The maximum atomic E-state index is 13.5. The Bertz CT molecular complexity index is 1300. The van der Waals surface area contributed by atoms with Gasteiger partial charge in [-0.25, -0.2) is 4.98 Å². The van der Waals surface area contributed by atoms with Crippen molar-refractivity contribution >= 4 is 17.2 Å². The average molecular weight is 561 g/mol. The number of ether oxygens (including phenoxy) is 1. The number of carbonyl (C=O) groups is 1. The lowest BCUT2D eigenvalue weighted by molar-refractivity contribution is -0.127. The largest absolute Gasteiger partial charge is 0.496 e. The molecule has 5 nitrogen and oxygen atoms in total. The van der Waals surface area contributed by atoms with Gasteiger partial charge in [-0.05, 0) is 79.3 Å². The second kappa shape index (κ2) is 12.9. The van der Waals surface area contributed by atoms with Crippen LogP contribution in [0.5, 0.6) is 5.75 Å². The molecule has 2 N–H and O–H groups in total. The maximum absolute atomic E-state index is 13.5. The zero-order valence-electron chi connectivity index (χ0n) is 24.4.